The van der Waals surface area contributed by atoms with Crippen molar-refractivity contribution in [2.45, 2.75) is 32.6 Å². The molecule has 0 fully saturated rings. The van der Waals surface area contributed by atoms with Gasteiger partial charge in [-0.25, -0.2) is 0 Å². The van der Waals surface area contributed by atoms with Crippen LogP contribution in [0.2, 0.25) is 5.02 Å². The lowest BCUT2D eigenvalue weighted by Gasteiger charge is -2.11. The molecule has 1 aromatic carbocycles. The van der Waals surface area contributed by atoms with Crippen LogP contribution in [0.3, 0.4) is 0 Å². The van der Waals surface area contributed by atoms with Gasteiger partial charge in [-0.1, -0.05) is 31.2 Å². The number of benzene rings is 1. The number of nitrogens with one attached hydrogen (secondary N) is 1. The zero-order chi connectivity index (χ0) is 12.7. The lowest BCUT2D eigenvalue weighted by molar-refractivity contribution is 0.676. The summed E-state index contributed by atoms with van der Waals surface area (Å²) in [6, 6.07) is 6.15. The van der Waals surface area contributed by atoms with Crippen molar-refractivity contribution in [3.63, 3.8) is 0 Å². The van der Waals surface area contributed by atoms with Crippen molar-refractivity contribution in [2.24, 2.45) is 0 Å². The second-order valence-electron chi connectivity index (χ2n) is 4.32. The average Bonchev–Trinajstić information content (AvgIpc) is 2.35. The van der Waals surface area contributed by atoms with Gasteiger partial charge >= 0.3 is 0 Å². The number of halogens is 1. The zero-order valence-electron chi connectivity index (χ0n) is 10.9. The standard InChI is InChI=1S/C15H22ClN/c1-4-12(2)15-11-14(16)9-8-13(15)7-5-6-10-17-3/h8-9,11,17H,2,4-7,10H2,1,3H3. The lowest BCUT2D eigenvalue weighted by atomic mass is 9.95. The average molecular weight is 252 g/mol. The van der Waals surface area contributed by atoms with E-state index in [1.807, 2.05) is 19.2 Å². The van der Waals surface area contributed by atoms with Crippen LogP contribution in [-0.4, -0.2) is 13.6 Å². The molecule has 0 aromatic heterocycles. The van der Waals surface area contributed by atoms with E-state index < -0.39 is 0 Å². The van der Waals surface area contributed by atoms with Gasteiger partial charge in [-0.3, -0.25) is 0 Å². The van der Waals surface area contributed by atoms with Crippen LogP contribution in [0.5, 0.6) is 0 Å². The van der Waals surface area contributed by atoms with Crippen LogP contribution < -0.4 is 5.32 Å². The Morgan fingerprint density at radius 2 is 2.12 bits per heavy atom. The Hall–Kier alpha value is -0.790. The Kier molecular flexibility index (Phi) is 6.31. The number of rotatable bonds is 7. The highest BCUT2D eigenvalue weighted by atomic mass is 35.5. The molecule has 94 valence electrons. The van der Waals surface area contributed by atoms with Gasteiger partial charge in [0.2, 0.25) is 0 Å². The third-order valence-electron chi connectivity index (χ3n) is 3.00. The highest BCUT2D eigenvalue weighted by Gasteiger charge is 2.05. The number of unbranched alkanes of at least 4 members (excludes halogenated alkanes) is 1. The van der Waals surface area contributed by atoms with E-state index in [1.54, 1.807) is 0 Å². The molecule has 0 heterocycles. The topological polar surface area (TPSA) is 12.0 Å². The highest BCUT2D eigenvalue weighted by Crippen LogP contribution is 2.25. The molecule has 0 aliphatic heterocycles. The Morgan fingerprint density at radius 1 is 1.35 bits per heavy atom. The summed E-state index contributed by atoms with van der Waals surface area (Å²) in [4.78, 5) is 0. The van der Waals surface area contributed by atoms with E-state index in [9.17, 15) is 0 Å². The molecule has 2 heteroatoms. The van der Waals surface area contributed by atoms with Crippen molar-refractivity contribution in [1.29, 1.82) is 0 Å². The predicted molar refractivity (Wildman–Crippen MR) is 77.6 cm³/mol. The smallest absolute Gasteiger partial charge is 0.0412 e. The second-order valence-corrected chi connectivity index (χ2v) is 4.76. The summed E-state index contributed by atoms with van der Waals surface area (Å²) in [6.45, 7) is 7.33. The Bertz CT molecular complexity index is 371. The number of allylic oxidation sites excluding steroid dienone is 1. The van der Waals surface area contributed by atoms with E-state index in [0.29, 0.717) is 0 Å². The van der Waals surface area contributed by atoms with Crippen LogP contribution in [0.4, 0.5) is 0 Å². The SMILES string of the molecule is C=C(CC)c1cc(Cl)ccc1CCCCNC. The Morgan fingerprint density at radius 3 is 2.76 bits per heavy atom. The van der Waals surface area contributed by atoms with Gasteiger partial charge in [0.05, 0.1) is 0 Å². The van der Waals surface area contributed by atoms with Crippen LogP contribution in [0, 0.1) is 0 Å². The molecular weight excluding hydrogens is 230 g/mol. The molecule has 0 aliphatic rings. The van der Waals surface area contributed by atoms with E-state index in [2.05, 4.69) is 24.9 Å². The first-order valence-corrected chi connectivity index (χ1v) is 6.68. The summed E-state index contributed by atoms with van der Waals surface area (Å²) in [6.07, 6.45) is 4.49. The van der Waals surface area contributed by atoms with Crippen LogP contribution >= 0.6 is 11.6 Å². The quantitative estimate of drug-likeness (QED) is 0.713. The van der Waals surface area contributed by atoms with E-state index >= 15 is 0 Å². The van der Waals surface area contributed by atoms with Crippen LogP contribution in [0.1, 0.15) is 37.3 Å². The van der Waals surface area contributed by atoms with Gasteiger partial charge in [0.15, 0.2) is 0 Å². The largest absolute Gasteiger partial charge is 0.320 e. The second kappa shape index (κ2) is 7.52. The van der Waals surface area contributed by atoms with Crippen LogP contribution in [0.15, 0.2) is 24.8 Å². The minimum Gasteiger partial charge on any atom is -0.320 e. The molecule has 1 aromatic rings. The summed E-state index contributed by atoms with van der Waals surface area (Å²) < 4.78 is 0. The Balaban J connectivity index is 2.72. The maximum absolute atomic E-state index is 6.05. The predicted octanol–water partition coefficient (Wildman–Crippen LogP) is 4.31. The molecule has 1 nitrogen and oxygen atoms in total. The first-order valence-electron chi connectivity index (χ1n) is 6.30. The van der Waals surface area contributed by atoms with Gasteiger partial charge in [0, 0.05) is 5.02 Å². The van der Waals surface area contributed by atoms with Crippen molar-refractivity contribution in [3.8, 4) is 0 Å². The molecule has 1 N–H and O–H groups in total. The molecule has 0 bridgehead atoms. The molecule has 0 radical (unpaired) electrons. The molecule has 1 rings (SSSR count). The fraction of sp³-hybridized carbons (Fsp3) is 0.467. The maximum Gasteiger partial charge on any atom is 0.0412 e. The van der Waals surface area contributed by atoms with Crippen molar-refractivity contribution < 1.29 is 0 Å². The third kappa shape index (κ3) is 4.53. The molecule has 0 atom stereocenters. The monoisotopic (exact) mass is 251 g/mol. The molecule has 0 amide bonds. The van der Waals surface area contributed by atoms with Gasteiger partial charge < -0.3 is 5.32 Å². The Labute approximate surface area is 110 Å². The molecule has 0 aliphatic carbocycles. The van der Waals surface area contributed by atoms with E-state index in [4.69, 9.17) is 11.6 Å². The van der Waals surface area contributed by atoms with Gasteiger partial charge in [0.1, 0.15) is 0 Å². The third-order valence-corrected chi connectivity index (χ3v) is 3.24. The van der Waals surface area contributed by atoms with Gasteiger partial charge in [-0.15, -0.1) is 0 Å². The van der Waals surface area contributed by atoms with Crippen molar-refractivity contribution in [1.82, 2.24) is 5.32 Å². The minimum absolute atomic E-state index is 0.800. The molecule has 0 saturated heterocycles. The normalized spacial score (nSPS) is 10.5. The first-order chi connectivity index (χ1) is 8.19. The lowest BCUT2D eigenvalue weighted by Crippen LogP contribution is -2.07. The summed E-state index contributed by atoms with van der Waals surface area (Å²) >= 11 is 6.05. The fourth-order valence-electron chi connectivity index (χ4n) is 1.90. The molecule has 0 spiro atoms. The van der Waals surface area contributed by atoms with E-state index in [1.165, 1.54) is 29.5 Å². The first kappa shape index (κ1) is 14.3. The van der Waals surface area contributed by atoms with Crippen molar-refractivity contribution >= 4 is 17.2 Å². The highest BCUT2D eigenvalue weighted by molar-refractivity contribution is 6.30. The molecular formula is C15H22ClN. The van der Waals surface area contributed by atoms with Crippen molar-refractivity contribution in [3.05, 3.63) is 40.9 Å². The van der Waals surface area contributed by atoms with Gasteiger partial charge in [-0.05, 0) is 68.1 Å². The number of hydrogen-bond donors (Lipinski definition) is 1. The fourth-order valence-corrected chi connectivity index (χ4v) is 2.08. The summed E-state index contributed by atoms with van der Waals surface area (Å²) in [5.41, 5.74) is 3.79. The summed E-state index contributed by atoms with van der Waals surface area (Å²) in [5.74, 6) is 0. The summed E-state index contributed by atoms with van der Waals surface area (Å²) in [5, 5.41) is 3.97. The van der Waals surface area contributed by atoms with Crippen molar-refractivity contribution in [2.75, 3.05) is 13.6 Å². The molecule has 17 heavy (non-hydrogen) atoms. The minimum atomic E-state index is 0.800. The summed E-state index contributed by atoms with van der Waals surface area (Å²) in [7, 11) is 1.99. The molecule has 0 saturated carbocycles. The van der Waals surface area contributed by atoms with Crippen LogP contribution in [0.25, 0.3) is 5.57 Å². The maximum atomic E-state index is 6.05. The number of aryl methyl sites for hydroxylation is 1. The zero-order valence-corrected chi connectivity index (χ0v) is 11.6. The molecule has 0 unspecified atom stereocenters. The number of hydrogen-bond acceptors (Lipinski definition) is 1. The van der Waals surface area contributed by atoms with E-state index in [0.717, 1.165) is 24.4 Å². The van der Waals surface area contributed by atoms with E-state index in [-0.39, 0.29) is 0 Å². The van der Waals surface area contributed by atoms with Gasteiger partial charge in [0.25, 0.3) is 0 Å². The van der Waals surface area contributed by atoms with Gasteiger partial charge in [-0.2, -0.15) is 0 Å². The van der Waals surface area contributed by atoms with Crippen LogP contribution in [-0.2, 0) is 6.42 Å².